The lowest BCUT2D eigenvalue weighted by molar-refractivity contribution is 0.0995. The number of rotatable bonds is 2. The van der Waals surface area contributed by atoms with Crippen LogP contribution in [0.5, 0.6) is 0 Å². The Morgan fingerprint density at radius 2 is 2.09 bits per heavy atom. The molecular formula is C7H7BrN2O. The molecule has 1 aromatic rings. The van der Waals surface area contributed by atoms with Crippen LogP contribution in [0, 0.1) is 0 Å². The minimum atomic E-state index is -0.173. The second kappa shape index (κ2) is 3.57. The number of nitrogens with zero attached hydrogens (tertiary/aromatic N) is 2. The number of Topliss-reactive ketones (excluding diaryl/α,β-unsaturated/α-hetero) is 1. The van der Waals surface area contributed by atoms with Crippen LogP contribution in [-0.2, 0) is 0 Å². The van der Waals surface area contributed by atoms with Crippen molar-refractivity contribution in [1.29, 1.82) is 0 Å². The lowest BCUT2D eigenvalue weighted by Crippen LogP contribution is -2.10. The fourth-order valence-corrected chi connectivity index (χ4v) is 0.920. The highest BCUT2D eigenvalue weighted by Gasteiger charge is 2.11. The third-order valence-electron chi connectivity index (χ3n) is 1.21. The van der Waals surface area contributed by atoms with E-state index in [0.717, 1.165) is 0 Å². The van der Waals surface area contributed by atoms with Crippen LogP contribution < -0.4 is 0 Å². The van der Waals surface area contributed by atoms with Crippen molar-refractivity contribution >= 4 is 21.7 Å². The first-order valence-corrected chi connectivity index (χ1v) is 4.06. The van der Waals surface area contributed by atoms with Crippen molar-refractivity contribution in [2.75, 3.05) is 0 Å². The zero-order valence-electron chi connectivity index (χ0n) is 5.99. The van der Waals surface area contributed by atoms with Gasteiger partial charge < -0.3 is 0 Å². The van der Waals surface area contributed by atoms with Gasteiger partial charge in [-0.1, -0.05) is 15.9 Å². The first-order chi connectivity index (χ1) is 5.22. The van der Waals surface area contributed by atoms with Gasteiger partial charge in [0.05, 0.1) is 10.4 Å². The largest absolute Gasteiger partial charge is 0.293 e. The molecule has 1 atom stereocenters. The first kappa shape index (κ1) is 8.33. The van der Waals surface area contributed by atoms with Gasteiger partial charge in [-0.3, -0.25) is 4.79 Å². The average Bonchev–Trinajstić information content (AvgIpc) is 2.05. The fourth-order valence-electron chi connectivity index (χ4n) is 0.656. The maximum atomic E-state index is 11.2. The molecule has 0 fully saturated rings. The SMILES string of the molecule is C[C@H](Br)C(=O)c1cncnc1. The van der Waals surface area contributed by atoms with Crippen LogP contribution in [0.3, 0.4) is 0 Å². The number of ketones is 1. The molecule has 1 heterocycles. The molecule has 0 spiro atoms. The predicted molar refractivity (Wildman–Crippen MR) is 44.8 cm³/mol. The molecule has 1 rings (SSSR count). The highest BCUT2D eigenvalue weighted by atomic mass is 79.9. The maximum absolute atomic E-state index is 11.2. The Morgan fingerprint density at radius 3 is 2.55 bits per heavy atom. The van der Waals surface area contributed by atoms with Crippen LogP contribution in [0.2, 0.25) is 0 Å². The number of carbonyl (C=O) groups excluding carboxylic acids is 1. The second-order valence-electron chi connectivity index (χ2n) is 2.11. The lowest BCUT2D eigenvalue weighted by Gasteiger charge is -1.99. The predicted octanol–water partition coefficient (Wildman–Crippen LogP) is 1.44. The summed E-state index contributed by atoms with van der Waals surface area (Å²) in [5.74, 6) is 0.00519. The van der Waals surface area contributed by atoms with Gasteiger partial charge in [0.15, 0.2) is 5.78 Å². The quantitative estimate of drug-likeness (QED) is 0.553. The average molecular weight is 215 g/mol. The van der Waals surface area contributed by atoms with Crippen LogP contribution in [0.1, 0.15) is 17.3 Å². The molecule has 58 valence electrons. The van der Waals surface area contributed by atoms with E-state index < -0.39 is 0 Å². The smallest absolute Gasteiger partial charge is 0.179 e. The molecule has 0 aliphatic rings. The lowest BCUT2D eigenvalue weighted by atomic mass is 10.2. The Balaban J connectivity index is 2.86. The third-order valence-corrected chi connectivity index (χ3v) is 1.62. The summed E-state index contributed by atoms with van der Waals surface area (Å²) >= 11 is 3.17. The summed E-state index contributed by atoms with van der Waals surface area (Å²) in [5.41, 5.74) is 0.539. The molecule has 0 aromatic carbocycles. The molecule has 0 bridgehead atoms. The second-order valence-corrected chi connectivity index (χ2v) is 3.48. The van der Waals surface area contributed by atoms with E-state index in [1.165, 1.54) is 18.7 Å². The summed E-state index contributed by atoms with van der Waals surface area (Å²) in [7, 11) is 0. The van der Waals surface area contributed by atoms with Crippen molar-refractivity contribution in [3.63, 3.8) is 0 Å². The van der Waals surface area contributed by atoms with Crippen molar-refractivity contribution in [2.24, 2.45) is 0 Å². The zero-order valence-corrected chi connectivity index (χ0v) is 7.58. The van der Waals surface area contributed by atoms with Gasteiger partial charge in [0.1, 0.15) is 6.33 Å². The van der Waals surface area contributed by atoms with Gasteiger partial charge in [-0.05, 0) is 6.92 Å². The number of alkyl halides is 1. The van der Waals surface area contributed by atoms with Gasteiger partial charge in [0.2, 0.25) is 0 Å². The van der Waals surface area contributed by atoms with Crippen molar-refractivity contribution in [2.45, 2.75) is 11.8 Å². The number of halogens is 1. The minimum Gasteiger partial charge on any atom is -0.293 e. The summed E-state index contributed by atoms with van der Waals surface area (Å²) in [6.07, 6.45) is 4.41. The number of carbonyl (C=O) groups is 1. The van der Waals surface area contributed by atoms with Crippen molar-refractivity contribution in [3.8, 4) is 0 Å². The van der Waals surface area contributed by atoms with E-state index in [2.05, 4.69) is 25.9 Å². The highest BCUT2D eigenvalue weighted by molar-refractivity contribution is 9.10. The molecule has 11 heavy (non-hydrogen) atoms. The summed E-state index contributed by atoms with van der Waals surface area (Å²) in [5, 5.41) is 0. The molecule has 0 amide bonds. The Hall–Kier alpha value is -0.770. The molecular weight excluding hydrogens is 208 g/mol. The molecule has 4 heteroatoms. The van der Waals surface area contributed by atoms with E-state index >= 15 is 0 Å². The number of hydrogen-bond acceptors (Lipinski definition) is 3. The molecule has 0 aliphatic carbocycles. The van der Waals surface area contributed by atoms with Gasteiger partial charge in [0.25, 0.3) is 0 Å². The molecule has 0 saturated heterocycles. The molecule has 0 unspecified atom stereocenters. The van der Waals surface area contributed by atoms with Crippen LogP contribution in [0.4, 0.5) is 0 Å². The summed E-state index contributed by atoms with van der Waals surface area (Å²) in [6.45, 7) is 1.77. The van der Waals surface area contributed by atoms with Gasteiger partial charge in [-0.2, -0.15) is 0 Å². The van der Waals surface area contributed by atoms with E-state index in [1.807, 2.05) is 0 Å². The Kier molecular flexibility index (Phi) is 2.70. The molecule has 1 aromatic heterocycles. The standard InChI is InChI=1S/C7H7BrN2O/c1-5(8)7(11)6-2-9-4-10-3-6/h2-5H,1H3/t5-/m0/s1. The topological polar surface area (TPSA) is 42.9 Å². The van der Waals surface area contributed by atoms with E-state index in [9.17, 15) is 4.79 Å². The molecule has 0 saturated carbocycles. The Bertz CT molecular complexity index is 248. The van der Waals surface area contributed by atoms with Crippen molar-refractivity contribution in [3.05, 3.63) is 24.3 Å². The van der Waals surface area contributed by atoms with E-state index in [1.54, 1.807) is 6.92 Å². The van der Waals surface area contributed by atoms with Crippen LogP contribution >= 0.6 is 15.9 Å². The number of hydrogen-bond donors (Lipinski definition) is 0. The molecule has 0 radical (unpaired) electrons. The van der Waals surface area contributed by atoms with Crippen LogP contribution in [0.15, 0.2) is 18.7 Å². The molecule has 3 nitrogen and oxygen atoms in total. The summed E-state index contributed by atoms with van der Waals surface area (Å²) in [4.78, 5) is 18.5. The van der Waals surface area contributed by atoms with E-state index in [-0.39, 0.29) is 10.6 Å². The van der Waals surface area contributed by atoms with E-state index in [0.29, 0.717) is 5.56 Å². The monoisotopic (exact) mass is 214 g/mol. The van der Waals surface area contributed by atoms with Gasteiger partial charge >= 0.3 is 0 Å². The zero-order chi connectivity index (χ0) is 8.27. The first-order valence-electron chi connectivity index (χ1n) is 3.15. The Labute approximate surface area is 73.0 Å². The van der Waals surface area contributed by atoms with Crippen molar-refractivity contribution < 1.29 is 4.79 Å². The third kappa shape index (κ3) is 2.08. The van der Waals surface area contributed by atoms with Gasteiger partial charge in [-0.25, -0.2) is 9.97 Å². The van der Waals surface area contributed by atoms with Crippen molar-refractivity contribution in [1.82, 2.24) is 9.97 Å². The maximum Gasteiger partial charge on any atom is 0.179 e. The Morgan fingerprint density at radius 1 is 1.55 bits per heavy atom. The van der Waals surface area contributed by atoms with Gasteiger partial charge in [-0.15, -0.1) is 0 Å². The van der Waals surface area contributed by atoms with Crippen LogP contribution in [0.25, 0.3) is 0 Å². The summed E-state index contributed by atoms with van der Waals surface area (Å²) < 4.78 is 0. The fraction of sp³-hybridized carbons (Fsp3) is 0.286. The van der Waals surface area contributed by atoms with Crippen LogP contribution in [-0.4, -0.2) is 20.6 Å². The van der Waals surface area contributed by atoms with E-state index in [4.69, 9.17) is 0 Å². The molecule has 0 aliphatic heterocycles. The summed E-state index contributed by atoms with van der Waals surface area (Å²) in [6, 6.07) is 0. The highest BCUT2D eigenvalue weighted by Crippen LogP contribution is 2.06. The molecule has 0 N–H and O–H groups in total. The van der Waals surface area contributed by atoms with Gasteiger partial charge in [0, 0.05) is 12.4 Å². The number of aromatic nitrogens is 2. The normalized spacial score (nSPS) is 12.5. The minimum absolute atomic E-state index is 0.00519.